The monoisotopic (exact) mass is 311 g/mol. The van der Waals surface area contributed by atoms with Gasteiger partial charge in [0.05, 0.1) is 12.0 Å². The molecular weight excluding hydrogens is 290 g/mol. The van der Waals surface area contributed by atoms with Gasteiger partial charge in [-0.1, -0.05) is 49.4 Å². The van der Waals surface area contributed by atoms with Crippen molar-refractivity contribution >= 4 is 22.6 Å². The van der Waals surface area contributed by atoms with Crippen LogP contribution < -0.4 is 5.32 Å². The SMILES string of the molecule is C[C@H](NC(=O)COC(=O)[C@@H]1C[C@H]1C)c1cccc2ccccc12. The van der Waals surface area contributed by atoms with Crippen LogP contribution in [0.3, 0.4) is 0 Å². The number of hydrogen-bond acceptors (Lipinski definition) is 3. The molecule has 1 aliphatic carbocycles. The van der Waals surface area contributed by atoms with Gasteiger partial charge in [0.2, 0.25) is 0 Å². The van der Waals surface area contributed by atoms with E-state index in [9.17, 15) is 9.59 Å². The number of esters is 1. The van der Waals surface area contributed by atoms with Crippen molar-refractivity contribution in [2.75, 3.05) is 6.61 Å². The first-order valence-electron chi connectivity index (χ1n) is 8.00. The molecule has 1 saturated carbocycles. The Hall–Kier alpha value is -2.36. The minimum atomic E-state index is -0.271. The van der Waals surface area contributed by atoms with Crippen molar-refractivity contribution in [3.05, 3.63) is 48.0 Å². The lowest BCUT2D eigenvalue weighted by Crippen LogP contribution is -2.31. The third-order valence-electron chi connectivity index (χ3n) is 4.43. The summed E-state index contributed by atoms with van der Waals surface area (Å²) in [6, 6.07) is 14.0. The molecule has 2 aromatic rings. The third kappa shape index (κ3) is 3.52. The molecule has 120 valence electrons. The van der Waals surface area contributed by atoms with Gasteiger partial charge in [-0.3, -0.25) is 9.59 Å². The maximum atomic E-state index is 12.0. The Morgan fingerprint density at radius 1 is 1.22 bits per heavy atom. The molecule has 3 rings (SSSR count). The quantitative estimate of drug-likeness (QED) is 0.863. The number of fused-ring (bicyclic) bond motifs is 1. The minimum absolute atomic E-state index is 0.0155. The molecule has 1 fully saturated rings. The van der Waals surface area contributed by atoms with Crippen LogP contribution in [-0.2, 0) is 14.3 Å². The standard InChI is InChI=1S/C19H21NO3/c1-12-10-17(12)19(22)23-11-18(21)20-13(2)15-9-5-7-14-6-3-4-8-16(14)15/h3-9,12-13,17H,10-11H2,1-2H3,(H,20,21)/t12-,13+,17-/m1/s1. The Labute approximate surface area is 135 Å². The van der Waals surface area contributed by atoms with Crippen molar-refractivity contribution in [3.63, 3.8) is 0 Å². The Kier molecular flexibility index (Phi) is 4.33. The normalized spacial score (nSPS) is 20.8. The van der Waals surface area contributed by atoms with Gasteiger partial charge in [-0.05, 0) is 35.6 Å². The number of amides is 1. The molecule has 1 aliphatic rings. The highest BCUT2D eigenvalue weighted by atomic mass is 16.5. The van der Waals surface area contributed by atoms with Gasteiger partial charge in [-0.25, -0.2) is 0 Å². The molecule has 4 heteroatoms. The zero-order valence-corrected chi connectivity index (χ0v) is 13.4. The summed E-state index contributed by atoms with van der Waals surface area (Å²) in [6.07, 6.45) is 0.868. The summed E-state index contributed by atoms with van der Waals surface area (Å²) in [5.74, 6) is -0.156. The van der Waals surface area contributed by atoms with Crippen molar-refractivity contribution in [3.8, 4) is 0 Å². The van der Waals surface area contributed by atoms with Gasteiger partial charge in [-0.15, -0.1) is 0 Å². The molecule has 1 N–H and O–H groups in total. The van der Waals surface area contributed by atoms with Crippen molar-refractivity contribution in [1.82, 2.24) is 5.32 Å². The van der Waals surface area contributed by atoms with Crippen LogP contribution in [0, 0.1) is 11.8 Å². The van der Waals surface area contributed by atoms with Crippen molar-refractivity contribution in [2.24, 2.45) is 11.8 Å². The predicted molar refractivity (Wildman–Crippen MR) is 88.7 cm³/mol. The fourth-order valence-electron chi connectivity index (χ4n) is 2.88. The van der Waals surface area contributed by atoms with Crippen LogP contribution in [0.2, 0.25) is 0 Å². The lowest BCUT2D eigenvalue weighted by atomic mass is 10.00. The molecule has 0 aliphatic heterocycles. The van der Waals surface area contributed by atoms with E-state index < -0.39 is 0 Å². The second-order valence-corrected chi connectivity index (χ2v) is 6.28. The van der Waals surface area contributed by atoms with Crippen LogP contribution in [0.15, 0.2) is 42.5 Å². The maximum absolute atomic E-state index is 12.0. The summed E-state index contributed by atoms with van der Waals surface area (Å²) < 4.78 is 5.07. The molecule has 2 aromatic carbocycles. The van der Waals surface area contributed by atoms with Gasteiger partial charge >= 0.3 is 5.97 Å². The Morgan fingerprint density at radius 3 is 2.65 bits per heavy atom. The van der Waals surface area contributed by atoms with Crippen LogP contribution in [-0.4, -0.2) is 18.5 Å². The van der Waals surface area contributed by atoms with Gasteiger partial charge in [0.15, 0.2) is 6.61 Å². The lowest BCUT2D eigenvalue weighted by Gasteiger charge is -2.16. The lowest BCUT2D eigenvalue weighted by molar-refractivity contribution is -0.150. The number of carbonyl (C=O) groups is 2. The molecule has 0 radical (unpaired) electrons. The van der Waals surface area contributed by atoms with E-state index in [1.807, 2.05) is 56.3 Å². The molecule has 1 amide bonds. The minimum Gasteiger partial charge on any atom is -0.455 e. The van der Waals surface area contributed by atoms with Crippen LogP contribution in [0.1, 0.15) is 31.9 Å². The van der Waals surface area contributed by atoms with Crippen molar-refractivity contribution < 1.29 is 14.3 Å². The van der Waals surface area contributed by atoms with Gasteiger partial charge in [0, 0.05) is 0 Å². The Bertz CT molecular complexity index is 735. The van der Waals surface area contributed by atoms with Crippen LogP contribution in [0.25, 0.3) is 10.8 Å². The zero-order valence-electron chi connectivity index (χ0n) is 13.4. The number of carbonyl (C=O) groups excluding carboxylic acids is 2. The average molecular weight is 311 g/mol. The molecule has 0 saturated heterocycles. The predicted octanol–water partition coefficient (Wildman–Crippen LogP) is 3.22. The van der Waals surface area contributed by atoms with E-state index in [0.717, 1.165) is 22.8 Å². The molecule has 0 aromatic heterocycles. The van der Waals surface area contributed by atoms with Gasteiger partial charge in [-0.2, -0.15) is 0 Å². The first-order chi connectivity index (χ1) is 11.1. The molecule has 0 heterocycles. The number of hydrogen-bond donors (Lipinski definition) is 1. The molecule has 4 nitrogen and oxygen atoms in total. The summed E-state index contributed by atoms with van der Waals surface area (Å²) >= 11 is 0. The van der Waals surface area contributed by atoms with Crippen molar-refractivity contribution in [2.45, 2.75) is 26.3 Å². The highest BCUT2D eigenvalue weighted by Crippen LogP contribution is 2.38. The topological polar surface area (TPSA) is 55.4 Å². The molecule has 3 atom stereocenters. The Morgan fingerprint density at radius 2 is 1.91 bits per heavy atom. The second kappa shape index (κ2) is 6.41. The fraction of sp³-hybridized carbons (Fsp3) is 0.368. The zero-order chi connectivity index (χ0) is 16.4. The smallest absolute Gasteiger partial charge is 0.309 e. The highest BCUT2D eigenvalue weighted by Gasteiger charge is 2.40. The molecule has 0 spiro atoms. The molecule has 23 heavy (non-hydrogen) atoms. The number of rotatable bonds is 5. The fourth-order valence-corrected chi connectivity index (χ4v) is 2.88. The number of ether oxygens (including phenoxy) is 1. The molecule has 0 unspecified atom stereocenters. The largest absolute Gasteiger partial charge is 0.455 e. The summed E-state index contributed by atoms with van der Waals surface area (Å²) in [5.41, 5.74) is 1.05. The summed E-state index contributed by atoms with van der Waals surface area (Å²) in [6.45, 7) is 3.73. The summed E-state index contributed by atoms with van der Waals surface area (Å²) in [4.78, 5) is 23.7. The van der Waals surface area contributed by atoms with Crippen molar-refractivity contribution in [1.29, 1.82) is 0 Å². The first-order valence-corrected chi connectivity index (χ1v) is 8.00. The summed E-state index contributed by atoms with van der Waals surface area (Å²) in [7, 11) is 0. The van der Waals surface area contributed by atoms with Gasteiger partial charge in [0.1, 0.15) is 0 Å². The maximum Gasteiger partial charge on any atom is 0.309 e. The van der Waals surface area contributed by atoms with E-state index in [0.29, 0.717) is 5.92 Å². The number of nitrogens with one attached hydrogen (secondary N) is 1. The summed E-state index contributed by atoms with van der Waals surface area (Å²) in [5, 5.41) is 5.15. The van der Waals surface area contributed by atoms with Gasteiger partial charge < -0.3 is 10.1 Å². The highest BCUT2D eigenvalue weighted by molar-refractivity contribution is 5.87. The van der Waals surface area contributed by atoms with E-state index in [2.05, 4.69) is 5.32 Å². The van der Waals surface area contributed by atoms with E-state index in [4.69, 9.17) is 4.74 Å². The Balaban J connectivity index is 1.60. The molecule has 0 bridgehead atoms. The van der Waals surface area contributed by atoms with Crippen LogP contribution in [0.4, 0.5) is 0 Å². The first kappa shape index (κ1) is 15.5. The average Bonchev–Trinajstić information content (AvgIpc) is 3.29. The number of benzene rings is 2. The van der Waals surface area contributed by atoms with E-state index in [1.54, 1.807) is 0 Å². The van der Waals surface area contributed by atoms with E-state index >= 15 is 0 Å². The van der Waals surface area contributed by atoms with Gasteiger partial charge in [0.25, 0.3) is 5.91 Å². The van der Waals surface area contributed by atoms with E-state index in [1.165, 1.54) is 0 Å². The molecular formula is C19H21NO3. The second-order valence-electron chi connectivity index (χ2n) is 6.28. The van der Waals surface area contributed by atoms with Crippen LogP contribution >= 0.6 is 0 Å². The van der Waals surface area contributed by atoms with E-state index in [-0.39, 0.29) is 30.4 Å². The van der Waals surface area contributed by atoms with Crippen LogP contribution in [0.5, 0.6) is 0 Å². The third-order valence-corrected chi connectivity index (χ3v) is 4.43.